The molecule has 0 aliphatic rings. The van der Waals surface area contributed by atoms with Crippen LogP contribution in [0, 0.1) is 0 Å². The Hall–Kier alpha value is -1.56. The summed E-state index contributed by atoms with van der Waals surface area (Å²) in [5.41, 5.74) is 1.26. The highest BCUT2D eigenvalue weighted by Gasteiger charge is 2.08. The van der Waals surface area contributed by atoms with E-state index in [2.05, 4.69) is 9.97 Å². The summed E-state index contributed by atoms with van der Waals surface area (Å²) in [6.45, 7) is 0. The molecule has 0 saturated carbocycles. The van der Waals surface area contributed by atoms with Crippen LogP contribution in [0.25, 0.3) is 5.65 Å². The van der Waals surface area contributed by atoms with Gasteiger partial charge >= 0.3 is 5.97 Å². The van der Waals surface area contributed by atoms with Crippen molar-refractivity contribution in [3.8, 4) is 0 Å². The topological polar surface area (TPSA) is 67.5 Å². The molecule has 6 heteroatoms. The van der Waals surface area contributed by atoms with Crippen LogP contribution in [-0.2, 0) is 11.2 Å². The molecule has 0 atom stereocenters. The van der Waals surface area contributed by atoms with Gasteiger partial charge in [0.2, 0.25) is 0 Å². The Morgan fingerprint density at radius 3 is 3.13 bits per heavy atom. The number of carbonyl (C=O) groups is 1. The van der Waals surface area contributed by atoms with Gasteiger partial charge in [0.1, 0.15) is 5.03 Å². The van der Waals surface area contributed by atoms with E-state index in [1.54, 1.807) is 23.0 Å². The molecule has 0 bridgehead atoms. The van der Waals surface area contributed by atoms with Crippen LogP contribution < -0.4 is 0 Å². The number of nitrogens with zero attached hydrogens (tertiary/aromatic N) is 3. The maximum absolute atomic E-state index is 10.5. The second kappa shape index (κ2) is 3.90. The number of imidazole rings is 1. The number of carboxylic acid groups (broad SMARTS) is 1. The van der Waals surface area contributed by atoms with Gasteiger partial charge in [-0.2, -0.15) is 0 Å². The molecule has 78 valence electrons. The number of rotatable bonds is 3. The molecule has 0 amide bonds. The van der Waals surface area contributed by atoms with E-state index >= 15 is 0 Å². The maximum Gasteiger partial charge on any atom is 0.309 e. The summed E-state index contributed by atoms with van der Waals surface area (Å²) < 4.78 is 1.79. The van der Waals surface area contributed by atoms with Crippen molar-refractivity contribution in [3.05, 3.63) is 24.3 Å². The summed E-state index contributed by atoms with van der Waals surface area (Å²) in [5.74, 6) is -0.878. The van der Waals surface area contributed by atoms with E-state index in [0.717, 1.165) is 5.03 Å². The zero-order valence-corrected chi connectivity index (χ0v) is 8.86. The smallest absolute Gasteiger partial charge is 0.309 e. The molecule has 2 aromatic rings. The van der Waals surface area contributed by atoms with Crippen LogP contribution in [-0.4, -0.2) is 31.7 Å². The van der Waals surface area contributed by atoms with Gasteiger partial charge in [-0.25, -0.2) is 9.97 Å². The largest absolute Gasteiger partial charge is 0.481 e. The van der Waals surface area contributed by atoms with Crippen LogP contribution in [0.1, 0.15) is 5.69 Å². The predicted molar refractivity (Wildman–Crippen MR) is 56.1 cm³/mol. The molecule has 0 aliphatic carbocycles. The van der Waals surface area contributed by atoms with Crippen molar-refractivity contribution in [2.45, 2.75) is 11.4 Å². The lowest BCUT2D eigenvalue weighted by Crippen LogP contribution is -1.99. The summed E-state index contributed by atoms with van der Waals surface area (Å²) in [6, 6.07) is 0. The lowest BCUT2D eigenvalue weighted by Gasteiger charge is -1.96. The summed E-state index contributed by atoms with van der Waals surface area (Å²) >= 11 is 1.49. The standard InChI is InChI=1S/C9H9N3O2S/c1-15-9-8-11-6(4-7(13)14)5-12(8)3-2-10-9/h2-3,5H,4H2,1H3,(H,13,14). The highest BCUT2D eigenvalue weighted by molar-refractivity contribution is 7.98. The summed E-state index contributed by atoms with van der Waals surface area (Å²) in [5, 5.41) is 9.45. The zero-order chi connectivity index (χ0) is 10.8. The van der Waals surface area contributed by atoms with Crippen molar-refractivity contribution in [2.75, 3.05) is 6.26 Å². The lowest BCUT2D eigenvalue weighted by molar-refractivity contribution is -0.136. The molecular formula is C9H9N3O2S. The van der Waals surface area contributed by atoms with Gasteiger partial charge in [-0.15, -0.1) is 11.8 Å². The van der Waals surface area contributed by atoms with Crippen molar-refractivity contribution in [1.82, 2.24) is 14.4 Å². The van der Waals surface area contributed by atoms with Crippen LogP contribution in [0.3, 0.4) is 0 Å². The third-order valence-electron chi connectivity index (χ3n) is 1.92. The van der Waals surface area contributed by atoms with Gasteiger partial charge in [0, 0.05) is 18.6 Å². The Bertz CT molecular complexity index is 509. The van der Waals surface area contributed by atoms with Crippen LogP contribution in [0.2, 0.25) is 0 Å². The zero-order valence-electron chi connectivity index (χ0n) is 8.04. The van der Waals surface area contributed by atoms with E-state index in [9.17, 15) is 4.79 Å². The van der Waals surface area contributed by atoms with Crippen LogP contribution in [0.15, 0.2) is 23.6 Å². The van der Waals surface area contributed by atoms with E-state index in [-0.39, 0.29) is 6.42 Å². The third kappa shape index (κ3) is 1.94. The minimum absolute atomic E-state index is 0.0600. The van der Waals surface area contributed by atoms with Crippen molar-refractivity contribution >= 4 is 23.4 Å². The fourth-order valence-electron chi connectivity index (χ4n) is 1.33. The van der Waals surface area contributed by atoms with Gasteiger partial charge in [-0.05, 0) is 6.26 Å². The summed E-state index contributed by atoms with van der Waals surface area (Å²) in [4.78, 5) is 18.9. The molecule has 15 heavy (non-hydrogen) atoms. The van der Waals surface area contributed by atoms with Gasteiger partial charge in [-0.1, -0.05) is 0 Å². The van der Waals surface area contributed by atoms with Crippen molar-refractivity contribution < 1.29 is 9.90 Å². The van der Waals surface area contributed by atoms with E-state index in [0.29, 0.717) is 11.3 Å². The fraction of sp³-hybridized carbons (Fsp3) is 0.222. The van der Waals surface area contributed by atoms with Gasteiger partial charge < -0.3 is 9.51 Å². The molecule has 2 rings (SSSR count). The Morgan fingerprint density at radius 2 is 2.47 bits per heavy atom. The SMILES string of the molecule is CSc1nccn2cc(CC(=O)O)nc12. The molecule has 0 fully saturated rings. The van der Waals surface area contributed by atoms with Crippen LogP contribution in [0.5, 0.6) is 0 Å². The number of aliphatic carboxylic acids is 1. The molecule has 0 spiro atoms. The average Bonchev–Trinajstić information content (AvgIpc) is 2.58. The minimum Gasteiger partial charge on any atom is -0.481 e. The number of fused-ring (bicyclic) bond motifs is 1. The first kappa shape index (κ1) is 9.97. The van der Waals surface area contributed by atoms with Crippen molar-refractivity contribution in [1.29, 1.82) is 0 Å². The Balaban J connectivity index is 2.50. The van der Waals surface area contributed by atoms with E-state index in [1.807, 2.05) is 6.26 Å². The normalized spacial score (nSPS) is 10.7. The van der Waals surface area contributed by atoms with Crippen LogP contribution >= 0.6 is 11.8 Å². The van der Waals surface area contributed by atoms with E-state index in [4.69, 9.17) is 5.11 Å². The average molecular weight is 223 g/mol. The molecule has 0 unspecified atom stereocenters. The monoisotopic (exact) mass is 223 g/mol. The number of aromatic nitrogens is 3. The second-order valence-corrected chi connectivity index (χ2v) is 3.77. The van der Waals surface area contributed by atoms with Gasteiger partial charge in [0.25, 0.3) is 0 Å². The Morgan fingerprint density at radius 1 is 1.67 bits per heavy atom. The summed E-state index contributed by atoms with van der Waals surface area (Å²) in [7, 11) is 0. The predicted octanol–water partition coefficient (Wildman–Crippen LogP) is 1.08. The van der Waals surface area contributed by atoms with Crippen LogP contribution in [0.4, 0.5) is 0 Å². The lowest BCUT2D eigenvalue weighted by atomic mass is 10.3. The maximum atomic E-state index is 10.5. The Labute approximate surface area is 90.2 Å². The van der Waals surface area contributed by atoms with Gasteiger partial charge in [-0.3, -0.25) is 4.79 Å². The molecule has 1 N–H and O–H groups in total. The first-order valence-corrected chi connectivity index (χ1v) is 5.51. The fourth-order valence-corrected chi connectivity index (χ4v) is 1.83. The Kier molecular flexibility index (Phi) is 2.59. The van der Waals surface area contributed by atoms with Crippen molar-refractivity contribution in [2.24, 2.45) is 0 Å². The van der Waals surface area contributed by atoms with Gasteiger partial charge in [0.05, 0.1) is 12.1 Å². The quantitative estimate of drug-likeness (QED) is 0.788. The molecule has 2 heterocycles. The van der Waals surface area contributed by atoms with E-state index < -0.39 is 5.97 Å². The minimum atomic E-state index is -0.878. The first-order chi connectivity index (χ1) is 7.20. The molecule has 0 saturated heterocycles. The molecular weight excluding hydrogens is 214 g/mol. The first-order valence-electron chi connectivity index (χ1n) is 4.29. The number of hydrogen-bond donors (Lipinski definition) is 1. The molecule has 5 nitrogen and oxygen atoms in total. The highest BCUT2D eigenvalue weighted by Crippen LogP contribution is 2.17. The molecule has 2 aromatic heterocycles. The second-order valence-electron chi connectivity index (χ2n) is 2.97. The third-order valence-corrected chi connectivity index (χ3v) is 2.59. The van der Waals surface area contributed by atoms with E-state index in [1.165, 1.54) is 11.8 Å². The molecule has 0 aliphatic heterocycles. The highest BCUT2D eigenvalue weighted by atomic mass is 32.2. The van der Waals surface area contributed by atoms with Crippen molar-refractivity contribution in [3.63, 3.8) is 0 Å². The molecule has 0 radical (unpaired) electrons. The number of carboxylic acids is 1. The number of hydrogen-bond acceptors (Lipinski definition) is 4. The molecule has 0 aromatic carbocycles. The van der Waals surface area contributed by atoms with Gasteiger partial charge in [0.15, 0.2) is 5.65 Å². The number of thioether (sulfide) groups is 1. The summed E-state index contributed by atoms with van der Waals surface area (Å²) in [6.07, 6.45) is 6.99.